The molecule has 0 bridgehead atoms. The Bertz CT molecular complexity index is 1310. The van der Waals surface area contributed by atoms with E-state index in [1.54, 1.807) is 20.2 Å². The number of aryl methyl sites for hydroxylation is 1. The number of carbonyl (C=O) groups excluding carboxylic acids is 1. The van der Waals surface area contributed by atoms with E-state index in [9.17, 15) is 9.59 Å². The summed E-state index contributed by atoms with van der Waals surface area (Å²) in [5, 5.41) is 12.2. The molecule has 0 aliphatic rings. The Kier molecular flexibility index (Phi) is 6.31. The normalized spacial score (nSPS) is 11.1. The number of aromatic nitrogens is 4. The number of oxazole rings is 1. The van der Waals surface area contributed by atoms with Crippen LogP contribution < -0.4 is 15.8 Å². The number of amides is 1. The molecule has 1 N–H and O–H groups in total. The van der Waals surface area contributed by atoms with Gasteiger partial charge < -0.3 is 19.0 Å². The number of methoxy groups -OCH3 is 1. The number of carbonyl (C=O) groups is 1. The molecular formula is C22H23N5O4S. The van der Waals surface area contributed by atoms with Gasteiger partial charge in [0.1, 0.15) is 5.75 Å². The molecule has 166 valence electrons. The minimum absolute atomic E-state index is 0.118. The maximum Gasteiger partial charge on any atom is 0.419 e. The molecule has 2 aromatic heterocycles. The summed E-state index contributed by atoms with van der Waals surface area (Å²) >= 11 is 1.34. The fourth-order valence-corrected chi connectivity index (χ4v) is 4.13. The molecule has 0 radical (unpaired) electrons. The first kappa shape index (κ1) is 21.7. The Morgan fingerprint density at radius 1 is 1.19 bits per heavy atom. The summed E-state index contributed by atoms with van der Waals surface area (Å²) in [7, 11) is 3.28. The van der Waals surface area contributed by atoms with Gasteiger partial charge >= 0.3 is 5.76 Å². The van der Waals surface area contributed by atoms with Gasteiger partial charge in [0.05, 0.1) is 18.4 Å². The topological polar surface area (TPSA) is 104 Å². The van der Waals surface area contributed by atoms with Crippen LogP contribution in [0.1, 0.15) is 12.5 Å². The maximum absolute atomic E-state index is 12.4. The number of fused-ring (bicyclic) bond motifs is 1. The summed E-state index contributed by atoms with van der Waals surface area (Å²) in [5.74, 6) is 1.21. The van der Waals surface area contributed by atoms with Crippen LogP contribution in [0.5, 0.6) is 5.75 Å². The van der Waals surface area contributed by atoms with Crippen molar-refractivity contribution < 1.29 is 13.9 Å². The Balaban J connectivity index is 1.38. The third-order valence-corrected chi connectivity index (χ3v) is 6.03. The second-order valence-electron chi connectivity index (χ2n) is 7.07. The van der Waals surface area contributed by atoms with Gasteiger partial charge in [0.15, 0.2) is 16.6 Å². The number of hydrogen-bond donors (Lipinski definition) is 1. The van der Waals surface area contributed by atoms with Gasteiger partial charge in [0.2, 0.25) is 5.91 Å². The summed E-state index contributed by atoms with van der Waals surface area (Å²) in [6, 6.07) is 13.0. The summed E-state index contributed by atoms with van der Waals surface area (Å²) in [6.45, 7) is 3.05. The number of hydrogen-bond acceptors (Lipinski definition) is 7. The van der Waals surface area contributed by atoms with Crippen molar-refractivity contribution in [3.8, 4) is 17.1 Å². The Morgan fingerprint density at radius 3 is 2.69 bits per heavy atom. The van der Waals surface area contributed by atoms with Crippen molar-refractivity contribution in [3.63, 3.8) is 0 Å². The van der Waals surface area contributed by atoms with Crippen molar-refractivity contribution in [1.29, 1.82) is 0 Å². The molecular weight excluding hydrogens is 430 g/mol. The minimum atomic E-state index is -0.411. The number of ether oxygens (including phenoxy) is 1. The first-order valence-corrected chi connectivity index (χ1v) is 11.0. The van der Waals surface area contributed by atoms with Gasteiger partial charge in [0.25, 0.3) is 0 Å². The molecule has 4 rings (SSSR count). The lowest BCUT2D eigenvalue weighted by atomic mass is 10.2. The van der Waals surface area contributed by atoms with Gasteiger partial charge in [-0.2, -0.15) is 0 Å². The number of thioether (sulfide) groups is 1. The molecule has 0 atom stereocenters. The smallest absolute Gasteiger partial charge is 0.419 e. The van der Waals surface area contributed by atoms with Crippen LogP contribution in [0.4, 0.5) is 0 Å². The SMILES string of the molecule is CCn1c(SCC(=O)NCc2ccc3oc(=O)n(C)c3c2)nnc1-c1ccc(OC)cc1. The molecule has 0 saturated carbocycles. The van der Waals surface area contributed by atoms with Crippen LogP contribution in [-0.4, -0.2) is 38.1 Å². The summed E-state index contributed by atoms with van der Waals surface area (Å²) < 4.78 is 13.8. The third kappa shape index (κ3) is 4.40. The van der Waals surface area contributed by atoms with E-state index in [1.807, 2.05) is 47.9 Å². The van der Waals surface area contributed by atoms with Crippen molar-refractivity contribution >= 4 is 28.8 Å². The molecule has 0 aliphatic carbocycles. The second kappa shape index (κ2) is 9.31. The first-order chi connectivity index (χ1) is 15.5. The molecule has 9 nitrogen and oxygen atoms in total. The molecule has 0 spiro atoms. The predicted molar refractivity (Wildman–Crippen MR) is 122 cm³/mol. The summed E-state index contributed by atoms with van der Waals surface area (Å²) in [5.41, 5.74) is 3.03. The lowest BCUT2D eigenvalue weighted by Gasteiger charge is -2.08. The van der Waals surface area contributed by atoms with Gasteiger partial charge in [-0.25, -0.2) is 4.79 Å². The van der Waals surface area contributed by atoms with Gasteiger partial charge in [-0.05, 0) is 48.9 Å². The first-order valence-electron chi connectivity index (χ1n) is 10.1. The highest BCUT2D eigenvalue weighted by atomic mass is 32.2. The molecule has 1 amide bonds. The zero-order valence-corrected chi connectivity index (χ0v) is 18.8. The lowest BCUT2D eigenvalue weighted by Crippen LogP contribution is -2.24. The zero-order valence-electron chi connectivity index (χ0n) is 18.0. The average Bonchev–Trinajstić information content (AvgIpc) is 3.36. The van der Waals surface area contributed by atoms with Gasteiger partial charge in [-0.15, -0.1) is 10.2 Å². The van der Waals surface area contributed by atoms with Crippen molar-refractivity contribution in [2.75, 3.05) is 12.9 Å². The molecule has 0 fully saturated rings. The van der Waals surface area contributed by atoms with Crippen LogP contribution in [0.25, 0.3) is 22.5 Å². The van der Waals surface area contributed by atoms with E-state index in [-0.39, 0.29) is 11.7 Å². The Hall–Kier alpha value is -3.53. The molecule has 0 aliphatic heterocycles. The van der Waals surface area contributed by atoms with Crippen LogP contribution in [0.15, 0.2) is 56.8 Å². The van der Waals surface area contributed by atoms with Gasteiger partial charge in [-0.1, -0.05) is 17.8 Å². The Morgan fingerprint density at radius 2 is 1.97 bits per heavy atom. The monoisotopic (exact) mass is 453 g/mol. The molecule has 0 unspecified atom stereocenters. The lowest BCUT2D eigenvalue weighted by molar-refractivity contribution is -0.118. The van der Waals surface area contributed by atoms with E-state index < -0.39 is 5.76 Å². The Labute approximate surface area is 188 Å². The maximum atomic E-state index is 12.4. The number of nitrogens with one attached hydrogen (secondary N) is 1. The minimum Gasteiger partial charge on any atom is -0.497 e. The van der Waals surface area contributed by atoms with Crippen molar-refractivity contribution in [2.24, 2.45) is 7.05 Å². The van der Waals surface area contributed by atoms with E-state index in [2.05, 4.69) is 15.5 Å². The fourth-order valence-electron chi connectivity index (χ4n) is 3.30. The van der Waals surface area contributed by atoms with Gasteiger partial charge in [0, 0.05) is 25.7 Å². The largest absolute Gasteiger partial charge is 0.497 e. The summed E-state index contributed by atoms with van der Waals surface area (Å²) in [6.07, 6.45) is 0. The van der Waals surface area contributed by atoms with Crippen LogP contribution >= 0.6 is 11.8 Å². The van der Waals surface area contributed by atoms with E-state index in [1.165, 1.54) is 16.3 Å². The van der Waals surface area contributed by atoms with Gasteiger partial charge in [-0.3, -0.25) is 9.36 Å². The van der Waals surface area contributed by atoms with Crippen LogP contribution in [0.3, 0.4) is 0 Å². The molecule has 2 aromatic carbocycles. The van der Waals surface area contributed by atoms with Crippen LogP contribution in [0, 0.1) is 0 Å². The number of benzene rings is 2. The molecule has 32 heavy (non-hydrogen) atoms. The highest BCUT2D eigenvalue weighted by molar-refractivity contribution is 7.99. The average molecular weight is 454 g/mol. The standard InChI is InChI=1S/C22H23N5O4S/c1-4-27-20(15-6-8-16(30-3)9-7-15)24-25-21(27)32-13-19(28)23-12-14-5-10-18-17(11-14)26(2)22(29)31-18/h5-11H,4,12-13H2,1-3H3,(H,23,28). The van der Waals surface area contributed by atoms with Crippen LogP contribution in [0.2, 0.25) is 0 Å². The number of rotatable bonds is 8. The zero-order chi connectivity index (χ0) is 22.7. The fraction of sp³-hybridized carbons (Fsp3) is 0.273. The highest BCUT2D eigenvalue weighted by Crippen LogP contribution is 2.25. The molecule has 2 heterocycles. The molecule has 10 heteroatoms. The molecule has 4 aromatic rings. The summed E-state index contributed by atoms with van der Waals surface area (Å²) in [4.78, 5) is 24.0. The van der Waals surface area contributed by atoms with E-state index >= 15 is 0 Å². The second-order valence-corrected chi connectivity index (χ2v) is 8.02. The predicted octanol–water partition coefficient (Wildman–Crippen LogP) is 2.83. The van der Waals surface area contributed by atoms with E-state index in [0.717, 1.165) is 22.7 Å². The van der Waals surface area contributed by atoms with Crippen LogP contribution in [-0.2, 0) is 24.9 Å². The van der Waals surface area contributed by atoms with Crippen molar-refractivity contribution in [3.05, 3.63) is 58.6 Å². The van der Waals surface area contributed by atoms with Crippen molar-refractivity contribution in [2.45, 2.75) is 25.2 Å². The van der Waals surface area contributed by atoms with E-state index in [0.29, 0.717) is 29.3 Å². The molecule has 0 saturated heterocycles. The third-order valence-electron chi connectivity index (χ3n) is 5.06. The van der Waals surface area contributed by atoms with Crippen molar-refractivity contribution in [1.82, 2.24) is 24.6 Å². The quantitative estimate of drug-likeness (QED) is 0.409. The number of nitrogens with zero attached hydrogens (tertiary/aromatic N) is 4. The highest BCUT2D eigenvalue weighted by Gasteiger charge is 2.15. The van der Waals surface area contributed by atoms with E-state index in [4.69, 9.17) is 9.15 Å².